The molecule has 0 fully saturated rings. The number of aliphatic hydroxyl groups is 1. The Bertz CT molecular complexity index is 324. The summed E-state index contributed by atoms with van der Waals surface area (Å²) in [6, 6.07) is 0. The Hall–Kier alpha value is -0.610. The van der Waals surface area contributed by atoms with E-state index in [-0.39, 0.29) is 18.7 Å². The largest absolute Gasteiger partial charge is 0.462 e. The van der Waals surface area contributed by atoms with Gasteiger partial charge in [-0.05, 0) is 45.1 Å². The summed E-state index contributed by atoms with van der Waals surface area (Å²) in [6.45, 7) is 6.40. The molecule has 0 aromatic carbocycles. The number of rotatable bonds is 23. The molecular formula is C25H51NO3. The van der Waals surface area contributed by atoms with E-state index >= 15 is 0 Å². The van der Waals surface area contributed by atoms with Gasteiger partial charge in [-0.1, -0.05) is 84.5 Å². The van der Waals surface area contributed by atoms with Gasteiger partial charge in [-0.3, -0.25) is 4.79 Å². The number of nitrogens with one attached hydrogen (secondary N) is 1. The monoisotopic (exact) mass is 413 g/mol. The Morgan fingerprint density at radius 2 is 1.24 bits per heavy atom. The number of esters is 1. The molecule has 0 saturated carbocycles. The predicted molar refractivity (Wildman–Crippen MR) is 124 cm³/mol. The number of unbranched alkanes of at least 4 members (excludes halogenated alkanes) is 12. The van der Waals surface area contributed by atoms with E-state index in [9.17, 15) is 4.79 Å². The molecule has 0 rings (SSSR count). The first-order valence-electron chi connectivity index (χ1n) is 12.8. The smallest absolute Gasteiger partial charge is 0.306 e. The van der Waals surface area contributed by atoms with Gasteiger partial charge in [0.05, 0.1) is 6.61 Å². The molecule has 2 N–H and O–H groups in total. The Balaban J connectivity index is 3.73. The van der Waals surface area contributed by atoms with Crippen LogP contribution in [-0.2, 0) is 9.53 Å². The maximum absolute atomic E-state index is 12.2. The second-order valence-corrected chi connectivity index (χ2v) is 8.51. The Labute approximate surface area is 181 Å². The van der Waals surface area contributed by atoms with E-state index in [0.717, 1.165) is 32.2 Å². The van der Waals surface area contributed by atoms with Gasteiger partial charge < -0.3 is 15.2 Å². The summed E-state index contributed by atoms with van der Waals surface area (Å²) in [4.78, 5) is 12.2. The average Bonchev–Trinajstić information content (AvgIpc) is 2.72. The van der Waals surface area contributed by atoms with Crippen LogP contribution in [0.2, 0.25) is 0 Å². The summed E-state index contributed by atoms with van der Waals surface area (Å²) < 4.78 is 5.84. The van der Waals surface area contributed by atoms with Crippen molar-refractivity contribution in [2.75, 3.05) is 19.7 Å². The number of hydrogen-bond acceptors (Lipinski definition) is 4. The summed E-state index contributed by atoms with van der Waals surface area (Å²) >= 11 is 0. The van der Waals surface area contributed by atoms with Crippen LogP contribution in [0.4, 0.5) is 0 Å². The first kappa shape index (κ1) is 28.4. The molecule has 0 aliphatic heterocycles. The standard InChI is InChI=1S/C25H51NO3/c1-3-5-7-14-18-24(19-15-8-6-4-2)29-25(28)20-16-12-10-9-11-13-17-21-26-22-23-27/h24,26-27H,3-23H2,1-2H3. The van der Waals surface area contributed by atoms with Crippen molar-refractivity contribution in [2.24, 2.45) is 0 Å². The molecule has 4 nitrogen and oxygen atoms in total. The van der Waals surface area contributed by atoms with Gasteiger partial charge in [0.25, 0.3) is 0 Å². The molecule has 0 amide bonds. The molecule has 0 radical (unpaired) electrons. The topological polar surface area (TPSA) is 58.6 Å². The van der Waals surface area contributed by atoms with E-state index in [1.54, 1.807) is 0 Å². The van der Waals surface area contributed by atoms with Crippen LogP contribution in [0.15, 0.2) is 0 Å². The third-order valence-corrected chi connectivity index (χ3v) is 5.58. The molecule has 0 unspecified atom stereocenters. The van der Waals surface area contributed by atoms with E-state index < -0.39 is 0 Å². The maximum Gasteiger partial charge on any atom is 0.306 e. The second-order valence-electron chi connectivity index (χ2n) is 8.51. The van der Waals surface area contributed by atoms with E-state index in [1.165, 1.54) is 83.5 Å². The van der Waals surface area contributed by atoms with Gasteiger partial charge in [0.2, 0.25) is 0 Å². The Morgan fingerprint density at radius 1 is 0.724 bits per heavy atom. The fraction of sp³-hybridized carbons (Fsp3) is 0.960. The van der Waals surface area contributed by atoms with Crippen LogP contribution in [0.3, 0.4) is 0 Å². The highest BCUT2D eigenvalue weighted by Gasteiger charge is 2.14. The van der Waals surface area contributed by atoms with Crippen molar-refractivity contribution in [1.29, 1.82) is 0 Å². The molecule has 0 aromatic rings. The predicted octanol–water partition coefficient (Wildman–Crippen LogP) is 6.54. The van der Waals surface area contributed by atoms with Crippen LogP contribution in [0.1, 0.15) is 129 Å². The first-order chi connectivity index (χ1) is 14.2. The number of aliphatic hydroxyl groups excluding tert-OH is 1. The second kappa shape index (κ2) is 23.7. The molecule has 29 heavy (non-hydrogen) atoms. The number of carbonyl (C=O) groups is 1. The van der Waals surface area contributed by atoms with Gasteiger partial charge >= 0.3 is 5.97 Å². The summed E-state index contributed by atoms with van der Waals surface area (Å²) in [5.74, 6) is 0.0240. The molecule has 4 heteroatoms. The van der Waals surface area contributed by atoms with E-state index in [2.05, 4.69) is 19.2 Å². The number of hydrogen-bond donors (Lipinski definition) is 2. The van der Waals surface area contributed by atoms with E-state index in [4.69, 9.17) is 9.84 Å². The van der Waals surface area contributed by atoms with Crippen molar-refractivity contribution in [3.05, 3.63) is 0 Å². The zero-order valence-corrected chi connectivity index (χ0v) is 19.7. The van der Waals surface area contributed by atoms with Crippen molar-refractivity contribution in [3.63, 3.8) is 0 Å². The molecule has 174 valence electrons. The minimum Gasteiger partial charge on any atom is -0.462 e. The van der Waals surface area contributed by atoms with Crippen molar-refractivity contribution in [2.45, 2.75) is 136 Å². The van der Waals surface area contributed by atoms with E-state index in [0.29, 0.717) is 13.0 Å². The van der Waals surface area contributed by atoms with Crippen LogP contribution in [0.5, 0.6) is 0 Å². The maximum atomic E-state index is 12.2. The summed E-state index contributed by atoms with van der Waals surface area (Å²) in [6.07, 6.45) is 21.1. The molecule has 0 aromatic heterocycles. The molecule has 0 saturated heterocycles. The first-order valence-corrected chi connectivity index (χ1v) is 12.8. The molecule has 0 atom stereocenters. The lowest BCUT2D eigenvalue weighted by atomic mass is 10.0. The van der Waals surface area contributed by atoms with Crippen molar-refractivity contribution >= 4 is 5.97 Å². The highest BCUT2D eigenvalue weighted by Crippen LogP contribution is 2.17. The average molecular weight is 414 g/mol. The van der Waals surface area contributed by atoms with Crippen LogP contribution >= 0.6 is 0 Å². The molecule has 0 aliphatic carbocycles. The number of carbonyl (C=O) groups excluding carboxylic acids is 1. The fourth-order valence-corrected chi connectivity index (χ4v) is 3.71. The lowest BCUT2D eigenvalue weighted by Gasteiger charge is -2.18. The van der Waals surface area contributed by atoms with Crippen LogP contribution in [0.25, 0.3) is 0 Å². The summed E-state index contributed by atoms with van der Waals surface area (Å²) in [5.41, 5.74) is 0. The number of ether oxygens (including phenoxy) is 1. The van der Waals surface area contributed by atoms with Gasteiger partial charge in [-0.15, -0.1) is 0 Å². The van der Waals surface area contributed by atoms with Gasteiger partial charge in [-0.25, -0.2) is 0 Å². The highest BCUT2D eigenvalue weighted by molar-refractivity contribution is 5.69. The molecule has 0 heterocycles. The molecule has 0 aliphatic rings. The summed E-state index contributed by atoms with van der Waals surface area (Å²) in [7, 11) is 0. The van der Waals surface area contributed by atoms with Crippen molar-refractivity contribution in [1.82, 2.24) is 5.32 Å². The van der Waals surface area contributed by atoms with Gasteiger partial charge in [-0.2, -0.15) is 0 Å². The Kier molecular flexibility index (Phi) is 23.2. The Morgan fingerprint density at radius 3 is 1.79 bits per heavy atom. The summed E-state index contributed by atoms with van der Waals surface area (Å²) in [5, 5.41) is 11.9. The minimum absolute atomic E-state index is 0.0240. The van der Waals surface area contributed by atoms with Gasteiger partial charge in [0, 0.05) is 13.0 Å². The van der Waals surface area contributed by atoms with Crippen LogP contribution < -0.4 is 5.32 Å². The molecule has 0 bridgehead atoms. The normalized spacial score (nSPS) is 11.3. The fourth-order valence-electron chi connectivity index (χ4n) is 3.71. The van der Waals surface area contributed by atoms with Crippen molar-refractivity contribution in [3.8, 4) is 0 Å². The van der Waals surface area contributed by atoms with Crippen LogP contribution in [0, 0.1) is 0 Å². The van der Waals surface area contributed by atoms with Crippen LogP contribution in [-0.4, -0.2) is 36.9 Å². The SMILES string of the molecule is CCCCCCC(CCCCCC)OC(=O)CCCCCCCCCNCCO. The lowest BCUT2D eigenvalue weighted by Crippen LogP contribution is -2.19. The quantitative estimate of drug-likeness (QED) is 0.147. The van der Waals surface area contributed by atoms with Gasteiger partial charge in [0.15, 0.2) is 0 Å². The molecule has 0 spiro atoms. The van der Waals surface area contributed by atoms with Crippen molar-refractivity contribution < 1.29 is 14.6 Å². The van der Waals surface area contributed by atoms with Gasteiger partial charge in [0.1, 0.15) is 6.10 Å². The third-order valence-electron chi connectivity index (χ3n) is 5.58. The third kappa shape index (κ3) is 21.9. The van der Waals surface area contributed by atoms with E-state index in [1.807, 2.05) is 0 Å². The lowest BCUT2D eigenvalue weighted by molar-refractivity contribution is -0.150. The molecular weight excluding hydrogens is 362 g/mol. The highest BCUT2D eigenvalue weighted by atomic mass is 16.5. The zero-order chi connectivity index (χ0) is 21.4. The zero-order valence-electron chi connectivity index (χ0n) is 19.7. The minimum atomic E-state index is 0.0240.